The number of nitrogens with zero attached hydrogens (tertiary/aromatic N) is 2. The molecule has 1 aromatic rings. The molecule has 1 heterocycles. The monoisotopic (exact) mass is 294 g/mol. The highest BCUT2D eigenvalue weighted by molar-refractivity contribution is 6.29. The lowest BCUT2D eigenvalue weighted by Crippen LogP contribution is -2.31. The Kier molecular flexibility index (Phi) is 5.03. The highest BCUT2D eigenvalue weighted by Crippen LogP contribution is 2.26. The van der Waals surface area contributed by atoms with Crippen LogP contribution in [0.5, 0.6) is 0 Å². The summed E-state index contributed by atoms with van der Waals surface area (Å²) in [5.41, 5.74) is 1.52. The predicted octanol–water partition coefficient (Wildman–Crippen LogP) is 4.12. The average molecular weight is 295 g/mol. The molecule has 1 amide bonds. The van der Waals surface area contributed by atoms with E-state index in [2.05, 4.69) is 18.8 Å². The smallest absolute Gasteiger partial charge is 0.253 e. The summed E-state index contributed by atoms with van der Waals surface area (Å²) >= 11 is 6.03. The summed E-state index contributed by atoms with van der Waals surface area (Å²) in [6.45, 7) is 4.94. The Morgan fingerprint density at radius 1 is 1.40 bits per heavy atom. The van der Waals surface area contributed by atoms with Gasteiger partial charge in [0.05, 0.1) is 0 Å². The molecule has 0 radical (unpaired) electrons. The lowest BCUT2D eigenvalue weighted by molar-refractivity contribution is 0.0773. The van der Waals surface area contributed by atoms with E-state index in [9.17, 15) is 4.79 Å². The highest BCUT2D eigenvalue weighted by atomic mass is 35.5. The minimum atomic E-state index is 0.0445. The van der Waals surface area contributed by atoms with Crippen molar-refractivity contribution in [1.29, 1.82) is 0 Å². The van der Waals surface area contributed by atoms with Crippen LogP contribution in [-0.2, 0) is 0 Å². The van der Waals surface area contributed by atoms with Crippen LogP contribution >= 0.6 is 11.6 Å². The van der Waals surface area contributed by atoms with Gasteiger partial charge in [-0.2, -0.15) is 0 Å². The Morgan fingerprint density at radius 2 is 2.05 bits per heavy atom. The average Bonchev–Trinajstić information content (AvgIpc) is 2.89. The molecular formula is C16H23ClN2O. The molecule has 0 atom stereocenters. The molecule has 1 aromatic heterocycles. The largest absolute Gasteiger partial charge is 0.341 e. The van der Waals surface area contributed by atoms with Gasteiger partial charge in [0.25, 0.3) is 5.91 Å². The maximum Gasteiger partial charge on any atom is 0.253 e. The second-order valence-electron chi connectivity index (χ2n) is 6.09. The lowest BCUT2D eigenvalue weighted by atomic mass is 10.1. The fourth-order valence-corrected chi connectivity index (χ4v) is 3.04. The number of pyridine rings is 1. The van der Waals surface area contributed by atoms with Crippen molar-refractivity contribution >= 4 is 17.5 Å². The minimum Gasteiger partial charge on any atom is -0.341 e. The molecule has 1 fully saturated rings. The third-order valence-electron chi connectivity index (χ3n) is 4.01. The molecule has 0 aromatic carbocycles. The van der Waals surface area contributed by atoms with Crippen molar-refractivity contribution in [3.8, 4) is 0 Å². The fourth-order valence-electron chi connectivity index (χ4n) is 2.82. The van der Waals surface area contributed by atoms with Gasteiger partial charge in [0.1, 0.15) is 5.15 Å². The maximum atomic E-state index is 12.5. The van der Waals surface area contributed by atoms with Crippen LogP contribution in [-0.4, -0.2) is 29.4 Å². The number of hydrogen-bond acceptors (Lipinski definition) is 2. The second kappa shape index (κ2) is 6.57. The van der Waals surface area contributed by atoms with Crippen molar-refractivity contribution < 1.29 is 4.79 Å². The standard InChI is InChI=1S/C16H23ClN2O/c1-11(2)14-8-13(9-15(17)18-14)16(20)19(3)10-12-6-4-5-7-12/h8-9,11-12H,4-7,10H2,1-3H3. The molecule has 110 valence electrons. The fraction of sp³-hybridized carbons (Fsp3) is 0.625. The predicted molar refractivity (Wildman–Crippen MR) is 82.3 cm³/mol. The van der Waals surface area contributed by atoms with Gasteiger partial charge < -0.3 is 4.90 Å². The second-order valence-corrected chi connectivity index (χ2v) is 6.48. The molecule has 1 saturated carbocycles. The third kappa shape index (κ3) is 3.72. The first kappa shape index (κ1) is 15.3. The summed E-state index contributed by atoms with van der Waals surface area (Å²) in [5, 5.41) is 0.397. The summed E-state index contributed by atoms with van der Waals surface area (Å²) in [5.74, 6) is 0.967. The molecule has 0 N–H and O–H groups in total. The van der Waals surface area contributed by atoms with Crippen LogP contribution in [0.3, 0.4) is 0 Å². The molecule has 20 heavy (non-hydrogen) atoms. The number of hydrogen-bond donors (Lipinski definition) is 0. The van der Waals surface area contributed by atoms with Crippen molar-refractivity contribution in [1.82, 2.24) is 9.88 Å². The number of carbonyl (C=O) groups is 1. The SMILES string of the molecule is CC(C)c1cc(C(=O)N(C)CC2CCCC2)cc(Cl)n1. The van der Waals surface area contributed by atoms with E-state index in [1.165, 1.54) is 25.7 Å². The van der Waals surface area contributed by atoms with Gasteiger partial charge in [0, 0.05) is 24.8 Å². The van der Waals surface area contributed by atoms with Crippen LogP contribution in [0.2, 0.25) is 5.15 Å². The van der Waals surface area contributed by atoms with E-state index in [4.69, 9.17) is 11.6 Å². The highest BCUT2D eigenvalue weighted by Gasteiger charge is 2.21. The number of amides is 1. The lowest BCUT2D eigenvalue weighted by Gasteiger charge is -2.21. The zero-order valence-electron chi connectivity index (χ0n) is 12.5. The first-order chi connectivity index (χ1) is 9.47. The van der Waals surface area contributed by atoms with E-state index in [1.54, 1.807) is 6.07 Å². The number of rotatable bonds is 4. The molecule has 1 aliphatic rings. The van der Waals surface area contributed by atoms with Gasteiger partial charge in [-0.3, -0.25) is 4.79 Å². The van der Waals surface area contributed by atoms with Crippen molar-refractivity contribution in [3.63, 3.8) is 0 Å². The Labute approximate surface area is 126 Å². The Bertz CT molecular complexity index is 481. The van der Waals surface area contributed by atoms with Gasteiger partial charge in [-0.25, -0.2) is 4.98 Å². The molecule has 1 aliphatic carbocycles. The van der Waals surface area contributed by atoms with Gasteiger partial charge in [-0.15, -0.1) is 0 Å². The normalized spacial score (nSPS) is 15.8. The summed E-state index contributed by atoms with van der Waals surface area (Å²) in [6, 6.07) is 3.53. The Balaban J connectivity index is 2.11. The van der Waals surface area contributed by atoms with E-state index in [0.717, 1.165) is 12.2 Å². The molecule has 0 saturated heterocycles. The van der Waals surface area contributed by atoms with Crippen LogP contribution in [0.4, 0.5) is 0 Å². The molecular weight excluding hydrogens is 272 g/mol. The topological polar surface area (TPSA) is 33.2 Å². The van der Waals surface area contributed by atoms with Gasteiger partial charge in [-0.1, -0.05) is 38.3 Å². The summed E-state index contributed by atoms with van der Waals surface area (Å²) in [4.78, 5) is 18.6. The molecule has 0 unspecified atom stereocenters. The molecule has 4 heteroatoms. The first-order valence-electron chi connectivity index (χ1n) is 7.40. The molecule has 0 spiro atoms. The van der Waals surface area contributed by atoms with E-state index in [0.29, 0.717) is 16.6 Å². The number of halogens is 1. The first-order valence-corrected chi connectivity index (χ1v) is 7.78. The van der Waals surface area contributed by atoms with Crippen molar-refractivity contribution in [2.24, 2.45) is 5.92 Å². The molecule has 2 rings (SSSR count). The van der Waals surface area contributed by atoms with Crippen LogP contribution in [0.25, 0.3) is 0 Å². The van der Waals surface area contributed by atoms with E-state index >= 15 is 0 Å². The zero-order valence-corrected chi connectivity index (χ0v) is 13.3. The maximum absolute atomic E-state index is 12.5. The minimum absolute atomic E-state index is 0.0445. The third-order valence-corrected chi connectivity index (χ3v) is 4.20. The quantitative estimate of drug-likeness (QED) is 0.783. The summed E-state index contributed by atoms with van der Waals surface area (Å²) < 4.78 is 0. The van der Waals surface area contributed by atoms with Crippen LogP contribution in [0.1, 0.15) is 61.5 Å². The summed E-state index contributed by atoms with van der Waals surface area (Å²) in [6.07, 6.45) is 5.08. The van der Waals surface area contributed by atoms with Crippen LogP contribution < -0.4 is 0 Å². The zero-order chi connectivity index (χ0) is 14.7. The summed E-state index contributed by atoms with van der Waals surface area (Å²) in [7, 11) is 1.88. The van der Waals surface area contributed by atoms with Gasteiger partial charge >= 0.3 is 0 Å². The molecule has 0 bridgehead atoms. The Morgan fingerprint density at radius 3 is 2.65 bits per heavy atom. The van der Waals surface area contributed by atoms with Crippen LogP contribution in [0, 0.1) is 5.92 Å². The van der Waals surface area contributed by atoms with E-state index in [-0.39, 0.29) is 11.8 Å². The Hall–Kier alpha value is -1.09. The van der Waals surface area contributed by atoms with Crippen molar-refractivity contribution in [3.05, 3.63) is 28.5 Å². The van der Waals surface area contributed by atoms with Gasteiger partial charge in [0.2, 0.25) is 0 Å². The molecule has 0 aliphatic heterocycles. The molecule has 3 nitrogen and oxygen atoms in total. The van der Waals surface area contributed by atoms with Gasteiger partial charge in [0.15, 0.2) is 0 Å². The number of carbonyl (C=O) groups excluding carboxylic acids is 1. The van der Waals surface area contributed by atoms with Crippen molar-refractivity contribution in [2.45, 2.75) is 45.4 Å². The van der Waals surface area contributed by atoms with Gasteiger partial charge in [-0.05, 0) is 36.8 Å². The van der Waals surface area contributed by atoms with E-state index in [1.807, 2.05) is 18.0 Å². The van der Waals surface area contributed by atoms with Crippen molar-refractivity contribution in [2.75, 3.05) is 13.6 Å². The van der Waals surface area contributed by atoms with Crippen LogP contribution in [0.15, 0.2) is 12.1 Å². The number of aromatic nitrogens is 1. The van der Waals surface area contributed by atoms with E-state index < -0.39 is 0 Å².